The predicted molar refractivity (Wildman–Crippen MR) is 102 cm³/mol. The molecule has 0 saturated carbocycles. The normalized spacial score (nSPS) is 11.9. The van der Waals surface area contributed by atoms with E-state index in [4.69, 9.17) is 4.74 Å². The van der Waals surface area contributed by atoms with Gasteiger partial charge in [0.25, 0.3) is 5.91 Å². The minimum atomic E-state index is -0.469. The molecule has 0 aromatic heterocycles. The summed E-state index contributed by atoms with van der Waals surface area (Å²) in [6.07, 6.45) is 0. The number of carbonyl (C=O) groups is 2. The van der Waals surface area contributed by atoms with Gasteiger partial charge in [0.05, 0.1) is 17.9 Å². The highest BCUT2D eigenvalue weighted by atomic mass is 19.1. The molecule has 0 aliphatic carbocycles. The van der Waals surface area contributed by atoms with E-state index in [0.29, 0.717) is 11.3 Å². The fraction of sp³-hybridized carbons (Fsp3) is 0.333. The van der Waals surface area contributed by atoms with Crippen molar-refractivity contribution in [3.05, 3.63) is 65.5 Å². The van der Waals surface area contributed by atoms with Crippen molar-refractivity contribution >= 4 is 17.6 Å². The lowest BCUT2D eigenvalue weighted by molar-refractivity contribution is -0.692. The number of nitrogens with one attached hydrogen (secondary N) is 1. The van der Waals surface area contributed by atoms with E-state index in [2.05, 4.69) is 19.2 Å². The minimum Gasteiger partial charge on any atom is -0.462 e. The van der Waals surface area contributed by atoms with Gasteiger partial charge in [-0.25, -0.2) is 9.18 Å². The Bertz CT molecular complexity index is 775. The zero-order chi connectivity index (χ0) is 19.8. The van der Waals surface area contributed by atoms with Crippen LogP contribution >= 0.6 is 0 Å². The van der Waals surface area contributed by atoms with Gasteiger partial charge in [-0.15, -0.1) is 0 Å². The summed E-state index contributed by atoms with van der Waals surface area (Å²) in [5.41, 5.74) is 1.72. The maximum Gasteiger partial charge on any atom is 0.340 e. The van der Waals surface area contributed by atoms with Crippen molar-refractivity contribution in [1.82, 2.24) is 0 Å². The molecule has 6 heteroatoms. The topological polar surface area (TPSA) is 72.0 Å². The SMILES string of the molecule is CCOC(=O)c1ccccc1NC(=O)C[NH2+][C@@H](c1ccc(F)cc1)C(C)C. The van der Waals surface area contributed by atoms with E-state index in [1.807, 2.05) is 5.32 Å². The molecule has 0 heterocycles. The first-order valence-electron chi connectivity index (χ1n) is 9.07. The number of benzene rings is 2. The monoisotopic (exact) mass is 373 g/mol. The molecule has 0 bridgehead atoms. The second-order valence-electron chi connectivity index (χ2n) is 6.58. The number of ether oxygens (including phenoxy) is 1. The van der Waals surface area contributed by atoms with Crippen LogP contribution in [0.5, 0.6) is 0 Å². The Kier molecular flexibility index (Phi) is 7.49. The zero-order valence-corrected chi connectivity index (χ0v) is 15.9. The largest absolute Gasteiger partial charge is 0.462 e. The lowest BCUT2D eigenvalue weighted by Gasteiger charge is -2.19. The Morgan fingerprint density at radius 2 is 1.78 bits per heavy atom. The quantitative estimate of drug-likeness (QED) is 0.699. The average molecular weight is 373 g/mol. The number of quaternary nitrogens is 1. The van der Waals surface area contributed by atoms with Crippen LogP contribution < -0.4 is 10.6 Å². The molecule has 144 valence electrons. The Labute approximate surface area is 158 Å². The van der Waals surface area contributed by atoms with Crippen LogP contribution in [0.1, 0.15) is 42.7 Å². The Morgan fingerprint density at radius 3 is 2.41 bits per heavy atom. The molecule has 2 aromatic rings. The average Bonchev–Trinajstić information content (AvgIpc) is 2.63. The van der Waals surface area contributed by atoms with E-state index in [0.717, 1.165) is 5.56 Å². The third-order valence-corrected chi connectivity index (χ3v) is 4.23. The molecule has 5 nitrogen and oxygen atoms in total. The van der Waals surface area contributed by atoms with Gasteiger partial charge in [-0.3, -0.25) is 4.79 Å². The molecule has 0 aliphatic rings. The number of rotatable bonds is 8. The number of hydrogen-bond donors (Lipinski definition) is 2. The second kappa shape index (κ2) is 9.83. The number of nitrogens with two attached hydrogens (primary N) is 1. The third kappa shape index (κ3) is 5.89. The molecule has 0 spiro atoms. The van der Waals surface area contributed by atoms with Gasteiger partial charge in [0.2, 0.25) is 0 Å². The minimum absolute atomic E-state index is 0.0247. The summed E-state index contributed by atoms with van der Waals surface area (Å²) in [5, 5.41) is 4.69. The number of anilines is 1. The number of esters is 1. The highest BCUT2D eigenvalue weighted by Gasteiger charge is 2.21. The summed E-state index contributed by atoms with van der Waals surface area (Å²) in [6, 6.07) is 13.1. The maximum atomic E-state index is 13.2. The van der Waals surface area contributed by atoms with E-state index in [1.54, 1.807) is 43.3 Å². The van der Waals surface area contributed by atoms with Crippen molar-refractivity contribution in [3.8, 4) is 0 Å². The lowest BCUT2D eigenvalue weighted by atomic mass is 9.96. The van der Waals surface area contributed by atoms with Gasteiger partial charge in [0, 0.05) is 11.5 Å². The standard InChI is InChI=1S/C21H25FN2O3/c1-4-27-21(26)17-7-5-6-8-18(17)24-19(25)13-23-20(14(2)3)15-9-11-16(22)12-10-15/h5-12,14,20,23H,4,13H2,1-3H3,(H,24,25)/p+1/t20-/m1/s1. The number of para-hydroxylation sites is 1. The Morgan fingerprint density at radius 1 is 1.11 bits per heavy atom. The van der Waals surface area contributed by atoms with E-state index < -0.39 is 5.97 Å². The van der Waals surface area contributed by atoms with Gasteiger partial charge in [-0.05, 0) is 31.2 Å². The zero-order valence-electron chi connectivity index (χ0n) is 15.9. The van der Waals surface area contributed by atoms with Crippen LogP contribution in [-0.4, -0.2) is 25.0 Å². The van der Waals surface area contributed by atoms with E-state index >= 15 is 0 Å². The van der Waals surface area contributed by atoms with Gasteiger partial charge in [-0.1, -0.05) is 38.1 Å². The van der Waals surface area contributed by atoms with Gasteiger partial charge in [0.15, 0.2) is 6.54 Å². The molecule has 27 heavy (non-hydrogen) atoms. The lowest BCUT2D eigenvalue weighted by Crippen LogP contribution is -2.88. The van der Waals surface area contributed by atoms with Crippen molar-refractivity contribution in [2.45, 2.75) is 26.8 Å². The summed E-state index contributed by atoms with van der Waals surface area (Å²) in [4.78, 5) is 24.4. The Balaban J connectivity index is 2.03. The highest BCUT2D eigenvalue weighted by molar-refractivity contribution is 6.01. The molecule has 0 unspecified atom stereocenters. The van der Waals surface area contributed by atoms with E-state index in [1.165, 1.54) is 12.1 Å². The number of carbonyl (C=O) groups excluding carboxylic acids is 2. The summed E-state index contributed by atoms with van der Waals surface area (Å²) >= 11 is 0. The van der Waals surface area contributed by atoms with Gasteiger partial charge < -0.3 is 15.4 Å². The van der Waals surface area contributed by atoms with Crippen molar-refractivity contribution < 1.29 is 24.0 Å². The molecule has 0 fully saturated rings. The van der Waals surface area contributed by atoms with Crippen molar-refractivity contribution in [1.29, 1.82) is 0 Å². The summed E-state index contributed by atoms with van der Waals surface area (Å²) in [7, 11) is 0. The molecular weight excluding hydrogens is 347 g/mol. The maximum absolute atomic E-state index is 13.2. The molecule has 0 saturated heterocycles. The van der Waals surface area contributed by atoms with Crippen molar-refractivity contribution in [2.75, 3.05) is 18.5 Å². The Hall–Kier alpha value is -2.73. The van der Waals surface area contributed by atoms with Crippen LogP contribution in [0.4, 0.5) is 10.1 Å². The highest BCUT2D eigenvalue weighted by Crippen LogP contribution is 2.18. The summed E-state index contributed by atoms with van der Waals surface area (Å²) < 4.78 is 18.2. The fourth-order valence-electron chi connectivity index (χ4n) is 2.89. The van der Waals surface area contributed by atoms with E-state index in [9.17, 15) is 14.0 Å². The first kappa shape index (κ1) is 20.6. The molecule has 3 N–H and O–H groups in total. The molecule has 2 rings (SSSR count). The smallest absolute Gasteiger partial charge is 0.340 e. The van der Waals surface area contributed by atoms with Crippen LogP contribution in [0.25, 0.3) is 0 Å². The summed E-state index contributed by atoms with van der Waals surface area (Å²) in [6.45, 7) is 6.28. The van der Waals surface area contributed by atoms with Crippen molar-refractivity contribution in [3.63, 3.8) is 0 Å². The van der Waals surface area contributed by atoms with Gasteiger partial charge >= 0.3 is 5.97 Å². The van der Waals surface area contributed by atoms with Crippen LogP contribution in [-0.2, 0) is 9.53 Å². The molecule has 2 aromatic carbocycles. The fourth-order valence-corrected chi connectivity index (χ4v) is 2.89. The number of hydrogen-bond acceptors (Lipinski definition) is 3. The van der Waals surface area contributed by atoms with Crippen molar-refractivity contribution in [2.24, 2.45) is 5.92 Å². The first-order valence-corrected chi connectivity index (χ1v) is 9.07. The third-order valence-electron chi connectivity index (χ3n) is 4.23. The molecule has 0 aliphatic heterocycles. The number of halogens is 1. The molecule has 0 radical (unpaired) electrons. The van der Waals surface area contributed by atoms with Gasteiger partial charge in [-0.2, -0.15) is 0 Å². The van der Waals surface area contributed by atoms with E-state index in [-0.39, 0.29) is 36.8 Å². The van der Waals surface area contributed by atoms with Crippen LogP contribution in [0, 0.1) is 11.7 Å². The second-order valence-corrected chi connectivity index (χ2v) is 6.58. The van der Waals surface area contributed by atoms with Crippen LogP contribution in [0.15, 0.2) is 48.5 Å². The summed E-state index contributed by atoms with van der Waals surface area (Å²) in [5.74, 6) is -0.715. The van der Waals surface area contributed by atoms with Crippen LogP contribution in [0.2, 0.25) is 0 Å². The van der Waals surface area contributed by atoms with Crippen LogP contribution in [0.3, 0.4) is 0 Å². The number of amides is 1. The first-order chi connectivity index (χ1) is 12.9. The molecule has 1 atom stereocenters. The van der Waals surface area contributed by atoms with Gasteiger partial charge in [0.1, 0.15) is 11.9 Å². The predicted octanol–water partition coefficient (Wildman–Crippen LogP) is 2.90. The molecule has 1 amide bonds. The molecular formula is C21H26FN2O3+.